The van der Waals surface area contributed by atoms with Crippen molar-refractivity contribution in [1.82, 2.24) is 10.2 Å². The first kappa shape index (κ1) is 16.1. The molecule has 0 radical (unpaired) electrons. The van der Waals surface area contributed by atoms with E-state index in [4.69, 9.17) is 9.47 Å². The second-order valence-electron chi connectivity index (χ2n) is 5.56. The maximum Gasteiger partial charge on any atom is 0.161 e. The molecule has 1 N–H and O–H groups in total. The lowest BCUT2D eigenvalue weighted by Crippen LogP contribution is -2.45. The Hall–Kier alpha value is -1.26. The number of nitrogens with one attached hydrogen (secondary N) is 1. The third-order valence-electron chi connectivity index (χ3n) is 4.22. The molecule has 1 aliphatic heterocycles. The third kappa shape index (κ3) is 4.11. The standard InChI is InChI=1S/C17H28N2O2/c1-4-5-6-15(19-11-9-18-10-12-19)14-7-8-16(20-2)17(13-14)21-3/h7-8,13,15,18H,4-6,9-12H2,1-3H3/t15-/m1/s1. The zero-order valence-corrected chi connectivity index (χ0v) is 13.5. The van der Waals surface area contributed by atoms with E-state index >= 15 is 0 Å². The van der Waals surface area contributed by atoms with Crippen LogP contribution in [-0.4, -0.2) is 45.3 Å². The van der Waals surface area contributed by atoms with Gasteiger partial charge in [-0.2, -0.15) is 0 Å². The molecule has 2 rings (SSSR count). The highest BCUT2D eigenvalue weighted by molar-refractivity contribution is 5.43. The van der Waals surface area contributed by atoms with Crippen LogP contribution in [0.15, 0.2) is 18.2 Å². The average molecular weight is 292 g/mol. The monoisotopic (exact) mass is 292 g/mol. The van der Waals surface area contributed by atoms with E-state index < -0.39 is 0 Å². The van der Waals surface area contributed by atoms with Gasteiger partial charge in [0.05, 0.1) is 14.2 Å². The van der Waals surface area contributed by atoms with Crippen molar-refractivity contribution >= 4 is 0 Å². The molecule has 1 aromatic carbocycles. The first-order chi connectivity index (χ1) is 10.3. The molecule has 0 bridgehead atoms. The second kappa shape index (κ2) is 8.25. The van der Waals surface area contributed by atoms with E-state index in [1.807, 2.05) is 6.07 Å². The fraction of sp³-hybridized carbons (Fsp3) is 0.647. The molecule has 21 heavy (non-hydrogen) atoms. The van der Waals surface area contributed by atoms with E-state index in [1.54, 1.807) is 14.2 Å². The Bertz CT molecular complexity index is 431. The van der Waals surface area contributed by atoms with E-state index in [2.05, 4.69) is 29.3 Å². The molecule has 0 amide bonds. The first-order valence-electron chi connectivity index (χ1n) is 7.96. The Morgan fingerprint density at radius 3 is 2.48 bits per heavy atom. The van der Waals surface area contributed by atoms with Crippen molar-refractivity contribution in [3.63, 3.8) is 0 Å². The molecular weight excluding hydrogens is 264 g/mol. The van der Waals surface area contributed by atoms with Crippen molar-refractivity contribution in [1.29, 1.82) is 0 Å². The van der Waals surface area contributed by atoms with Gasteiger partial charge in [-0.3, -0.25) is 4.90 Å². The second-order valence-corrected chi connectivity index (χ2v) is 5.56. The number of nitrogens with zero attached hydrogens (tertiary/aromatic N) is 1. The van der Waals surface area contributed by atoms with Crippen LogP contribution in [0.4, 0.5) is 0 Å². The molecular formula is C17H28N2O2. The van der Waals surface area contributed by atoms with Crippen molar-refractivity contribution in [2.75, 3.05) is 40.4 Å². The number of unbranched alkanes of at least 4 members (excludes halogenated alkanes) is 1. The lowest BCUT2D eigenvalue weighted by atomic mass is 9.98. The Kier molecular flexibility index (Phi) is 6.33. The smallest absolute Gasteiger partial charge is 0.161 e. The van der Waals surface area contributed by atoms with E-state index in [-0.39, 0.29) is 0 Å². The SMILES string of the molecule is CCCC[C@H](c1ccc(OC)c(OC)c1)N1CCNCC1. The van der Waals surface area contributed by atoms with Crippen LogP contribution in [0.5, 0.6) is 11.5 Å². The summed E-state index contributed by atoms with van der Waals surface area (Å²) >= 11 is 0. The zero-order chi connectivity index (χ0) is 15.1. The average Bonchev–Trinajstić information content (AvgIpc) is 2.56. The number of piperazine rings is 1. The van der Waals surface area contributed by atoms with Crippen LogP contribution in [0.25, 0.3) is 0 Å². The minimum absolute atomic E-state index is 0.479. The maximum atomic E-state index is 5.46. The molecule has 1 heterocycles. The minimum Gasteiger partial charge on any atom is -0.493 e. The van der Waals surface area contributed by atoms with Gasteiger partial charge in [0, 0.05) is 32.2 Å². The number of rotatable bonds is 7. The molecule has 1 atom stereocenters. The lowest BCUT2D eigenvalue weighted by Gasteiger charge is -2.35. The summed E-state index contributed by atoms with van der Waals surface area (Å²) in [5.74, 6) is 1.63. The summed E-state index contributed by atoms with van der Waals surface area (Å²) in [4.78, 5) is 2.59. The van der Waals surface area contributed by atoms with Crippen LogP contribution in [0.2, 0.25) is 0 Å². The van der Waals surface area contributed by atoms with Gasteiger partial charge in [0.2, 0.25) is 0 Å². The van der Waals surface area contributed by atoms with Gasteiger partial charge in [0.1, 0.15) is 0 Å². The van der Waals surface area contributed by atoms with Crippen LogP contribution in [0, 0.1) is 0 Å². The van der Waals surface area contributed by atoms with Crippen molar-refractivity contribution in [3.8, 4) is 11.5 Å². The van der Waals surface area contributed by atoms with Crippen molar-refractivity contribution in [2.45, 2.75) is 32.2 Å². The van der Waals surface area contributed by atoms with Crippen LogP contribution < -0.4 is 14.8 Å². The fourth-order valence-electron chi connectivity index (χ4n) is 3.01. The molecule has 0 unspecified atom stereocenters. The number of ether oxygens (including phenoxy) is 2. The predicted octanol–water partition coefficient (Wildman–Crippen LogP) is 2.84. The summed E-state index contributed by atoms with van der Waals surface area (Å²) in [6.45, 7) is 6.64. The number of methoxy groups -OCH3 is 2. The van der Waals surface area contributed by atoms with Gasteiger partial charge in [-0.15, -0.1) is 0 Å². The zero-order valence-electron chi connectivity index (χ0n) is 13.5. The predicted molar refractivity (Wildman–Crippen MR) is 86.3 cm³/mol. The number of benzene rings is 1. The van der Waals surface area contributed by atoms with E-state index in [1.165, 1.54) is 24.8 Å². The van der Waals surface area contributed by atoms with Gasteiger partial charge in [-0.1, -0.05) is 25.8 Å². The topological polar surface area (TPSA) is 33.7 Å². The maximum absolute atomic E-state index is 5.46. The molecule has 1 aromatic rings. The molecule has 1 saturated heterocycles. The van der Waals surface area contributed by atoms with E-state index in [9.17, 15) is 0 Å². The molecule has 1 aliphatic rings. The fourth-order valence-corrected chi connectivity index (χ4v) is 3.01. The highest BCUT2D eigenvalue weighted by atomic mass is 16.5. The van der Waals surface area contributed by atoms with Crippen molar-refractivity contribution in [3.05, 3.63) is 23.8 Å². The summed E-state index contributed by atoms with van der Waals surface area (Å²) in [7, 11) is 3.38. The van der Waals surface area contributed by atoms with Crippen LogP contribution in [0.3, 0.4) is 0 Å². The summed E-state index contributed by atoms with van der Waals surface area (Å²) in [6, 6.07) is 6.83. The van der Waals surface area contributed by atoms with Gasteiger partial charge < -0.3 is 14.8 Å². The largest absolute Gasteiger partial charge is 0.493 e. The number of hydrogen-bond acceptors (Lipinski definition) is 4. The quantitative estimate of drug-likeness (QED) is 0.838. The van der Waals surface area contributed by atoms with Gasteiger partial charge in [0.25, 0.3) is 0 Å². The first-order valence-corrected chi connectivity index (χ1v) is 7.96. The highest BCUT2D eigenvalue weighted by Gasteiger charge is 2.22. The Labute approximate surface area is 128 Å². The van der Waals surface area contributed by atoms with Crippen LogP contribution >= 0.6 is 0 Å². The summed E-state index contributed by atoms with van der Waals surface area (Å²) in [6.07, 6.45) is 3.69. The summed E-state index contributed by atoms with van der Waals surface area (Å²) in [5, 5.41) is 3.43. The number of hydrogen-bond donors (Lipinski definition) is 1. The molecule has 1 fully saturated rings. The van der Waals surface area contributed by atoms with Crippen molar-refractivity contribution < 1.29 is 9.47 Å². The van der Waals surface area contributed by atoms with E-state index in [0.717, 1.165) is 37.7 Å². The van der Waals surface area contributed by atoms with Gasteiger partial charge in [-0.05, 0) is 24.1 Å². The Morgan fingerprint density at radius 2 is 1.86 bits per heavy atom. The van der Waals surface area contributed by atoms with Gasteiger partial charge >= 0.3 is 0 Å². The molecule has 4 nitrogen and oxygen atoms in total. The Balaban J connectivity index is 2.22. The third-order valence-corrected chi connectivity index (χ3v) is 4.22. The molecule has 0 aliphatic carbocycles. The van der Waals surface area contributed by atoms with Crippen LogP contribution in [0.1, 0.15) is 37.8 Å². The lowest BCUT2D eigenvalue weighted by molar-refractivity contribution is 0.163. The summed E-state index contributed by atoms with van der Waals surface area (Å²) < 4.78 is 10.8. The van der Waals surface area contributed by atoms with Gasteiger partial charge in [-0.25, -0.2) is 0 Å². The Morgan fingerprint density at radius 1 is 1.14 bits per heavy atom. The van der Waals surface area contributed by atoms with Crippen molar-refractivity contribution in [2.24, 2.45) is 0 Å². The minimum atomic E-state index is 0.479. The van der Waals surface area contributed by atoms with Gasteiger partial charge in [0.15, 0.2) is 11.5 Å². The molecule has 118 valence electrons. The molecule has 4 heteroatoms. The highest BCUT2D eigenvalue weighted by Crippen LogP contribution is 2.34. The normalized spacial score (nSPS) is 17.5. The summed E-state index contributed by atoms with van der Waals surface area (Å²) in [5.41, 5.74) is 1.34. The molecule has 0 aromatic heterocycles. The van der Waals surface area contributed by atoms with Crippen LogP contribution in [-0.2, 0) is 0 Å². The molecule has 0 spiro atoms. The molecule has 0 saturated carbocycles. The van der Waals surface area contributed by atoms with E-state index in [0.29, 0.717) is 6.04 Å².